The molecule has 444 valence electrons. The Morgan fingerprint density at radius 1 is 0.368 bits per heavy atom. The fourth-order valence-electron chi connectivity index (χ4n) is 8.89. The monoisotopic (exact) mass is 1090 g/mol. The Kier molecular flexibility index (Phi) is 56.6. The highest BCUT2D eigenvalue weighted by molar-refractivity contribution is 7.47. The van der Waals surface area contributed by atoms with Gasteiger partial charge in [0.1, 0.15) is 12.7 Å². The molecule has 0 rings (SSSR count). The standard InChI is InChI=1S/C64H117O11P/c1-4-7-10-13-16-19-22-25-28-29-30-31-34-35-38-41-44-47-50-53-62(66)71-57-61(75-64(68)55-52-49-46-43-40-37-33-27-24-21-18-15-12-9-6-3)59-73-76(69,70)72-58-60(56-65)74-63(67)54-51-48-45-42-39-36-32-26-23-20-17-14-11-8-5-2/h16,19,25,27-28,30-31,33,60-61,65H,4-15,17-18,20-24,26,29,32,34-59H2,1-3H3,(H,69,70)/b19-16-,28-25-,31-30-,33-27-. The number of ether oxygens (including phenoxy) is 3. The summed E-state index contributed by atoms with van der Waals surface area (Å²) in [4.78, 5) is 48.7. The van der Waals surface area contributed by atoms with Gasteiger partial charge in [-0.1, -0.05) is 249 Å². The SMILES string of the molecule is CCCCC/C=C\C/C=C\C/C=C\CCCCCCCCC(=O)OCC(COP(=O)(O)OCC(CO)OC(=O)CCCCCCCCCCCCCCCCC)OC(=O)CCCCCCC/C=C\CCCCCCCC. The molecule has 3 unspecified atom stereocenters. The number of allylic oxidation sites excluding steroid dienone is 8. The van der Waals surface area contributed by atoms with E-state index in [0.29, 0.717) is 19.3 Å². The van der Waals surface area contributed by atoms with Crippen molar-refractivity contribution in [2.75, 3.05) is 26.4 Å². The summed E-state index contributed by atoms with van der Waals surface area (Å²) < 4.78 is 39.6. The Labute approximate surface area is 466 Å². The Bertz CT molecular complexity index is 1460. The molecular weight excluding hydrogens is 976 g/mol. The predicted octanol–water partition coefficient (Wildman–Crippen LogP) is 18.9. The van der Waals surface area contributed by atoms with Crippen LogP contribution in [0.5, 0.6) is 0 Å². The first-order valence-electron chi connectivity index (χ1n) is 31.5. The molecule has 0 saturated carbocycles. The van der Waals surface area contributed by atoms with Crippen LogP contribution in [-0.4, -0.2) is 66.5 Å². The molecule has 2 N–H and O–H groups in total. The number of aliphatic hydroxyl groups excluding tert-OH is 1. The van der Waals surface area contributed by atoms with Crippen LogP contribution in [0.15, 0.2) is 48.6 Å². The Balaban J connectivity index is 4.70. The zero-order valence-electron chi connectivity index (χ0n) is 49.2. The maximum atomic E-state index is 12.9. The summed E-state index contributed by atoms with van der Waals surface area (Å²) in [5.74, 6) is -1.47. The van der Waals surface area contributed by atoms with Gasteiger partial charge in [0.2, 0.25) is 0 Å². The van der Waals surface area contributed by atoms with Gasteiger partial charge in [-0.3, -0.25) is 23.4 Å². The van der Waals surface area contributed by atoms with Gasteiger partial charge < -0.3 is 24.2 Å². The molecule has 0 radical (unpaired) electrons. The number of esters is 3. The molecule has 0 spiro atoms. The molecule has 0 aliphatic carbocycles. The van der Waals surface area contributed by atoms with Gasteiger partial charge in [-0.15, -0.1) is 0 Å². The normalized spacial score (nSPS) is 13.6. The number of carbonyl (C=O) groups is 3. The lowest BCUT2D eigenvalue weighted by molar-refractivity contribution is -0.161. The van der Waals surface area contributed by atoms with E-state index in [-0.39, 0.29) is 25.9 Å². The van der Waals surface area contributed by atoms with Crippen molar-refractivity contribution < 1.29 is 52.2 Å². The molecule has 0 aliphatic rings. The molecule has 0 bridgehead atoms. The summed E-state index contributed by atoms with van der Waals surface area (Å²) in [6.45, 7) is 4.64. The van der Waals surface area contributed by atoms with E-state index in [1.54, 1.807) is 0 Å². The lowest BCUT2D eigenvalue weighted by atomic mass is 10.0. The van der Waals surface area contributed by atoms with Crippen LogP contribution >= 0.6 is 7.82 Å². The summed E-state index contributed by atoms with van der Waals surface area (Å²) in [5.41, 5.74) is 0. The molecule has 12 heteroatoms. The minimum absolute atomic E-state index is 0.157. The molecular formula is C64H117O11P. The zero-order valence-corrected chi connectivity index (χ0v) is 50.1. The second kappa shape index (κ2) is 58.6. The van der Waals surface area contributed by atoms with Crippen molar-refractivity contribution in [1.82, 2.24) is 0 Å². The van der Waals surface area contributed by atoms with Gasteiger partial charge in [-0.05, 0) is 83.5 Å². The summed E-state index contributed by atoms with van der Waals surface area (Å²) in [7, 11) is -4.75. The third-order valence-corrected chi connectivity index (χ3v) is 14.7. The van der Waals surface area contributed by atoms with Gasteiger partial charge in [-0.2, -0.15) is 0 Å². The highest BCUT2D eigenvalue weighted by atomic mass is 31.2. The van der Waals surface area contributed by atoms with Crippen LogP contribution in [0.1, 0.15) is 303 Å². The lowest BCUT2D eigenvalue weighted by Gasteiger charge is -2.21. The Morgan fingerprint density at radius 3 is 1.03 bits per heavy atom. The number of phosphoric ester groups is 1. The van der Waals surface area contributed by atoms with E-state index in [2.05, 4.69) is 69.4 Å². The molecule has 0 aliphatic heterocycles. The average Bonchev–Trinajstić information content (AvgIpc) is 3.41. The fourth-order valence-corrected chi connectivity index (χ4v) is 9.67. The molecule has 76 heavy (non-hydrogen) atoms. The van der Waals surface area contributed by atoms with Crippen molar-refractivity contribution >= 4 is 25.7 Å². The van der Waals surface area contributed by atoms with Crippen molar-refractivity contribution in [1.29, 1.82) is 0 Å². The molecule has 3 atom stereocenters. The van der Waals surface area contributed by atoms with E-state index < -0.39 is 57.8 Å². The van der Waals surface area contributed by atoms with Crippen LogP contribution in [-0.2, 0) is 42.2 Å². The molecule has 0 heterocycles. The van der Waals surface area contributed by atoms with Gasteiger partial charge in [0.15, 0.2) is 6.10 Å². The van der Waals surface area contributed by atoms with Crippen molar-refractivity contribution in [3.8, 4) is 0 Å². The van der Waals surface area contributed by atoms with E-state index in [0.717, 1.165) is 109 Å². The minimum Gasteiger partial charge on any atom is -0.462 e. The second-order valence-electron chi connectivity index (χ2n) is 21.2. The third kappa shape index (κ3) is 56.2. The number of carbonyl (C=O) groups excluding carboxylic acids is 3. The number of rotatable bonds is 59. The first-order chi connectivity index (χ1) is 37.2. The minimum atomic E-state index is -4.75. The highest BCUT2D eigenvalue weighted by Gasteiger charge is 2.28. The van der Waals surface area contributed by atoms with E-state index >= 15 is 0 Å². The third-order valence-electron chi connectivity index (χ3n) is 13.7. The fraction of sp³-hybridized carbons (Fsp3) is 0.828. The Morgan fingerprint density at radius 2 is 0.645 bits per heavy atom. The average molecular weight is 1090 g/mol. The molecule has 11 nitrogen and oxygen atoms in total. The van der Waals surface area contributed by atoms with Crippen LogP contribution < -0.4 is 0 Å². The summed E-state index contributed by atoms with van der Waals surface area (Å²) in [5, 5.41) is 9.84. The molecule has 0 saturated heterocycles. The van der Waals surface area contributed by atoms with Gasteiger partial charge in [0, 0.05) is 19.3 Å². The van der Waals surface area contributed by atoms with Crippen LogP contribution in [0.4, 0.5) is 0 Å². The number of hydrogen-bond acceptors (Lipinski definition) is 10. The van der Waals surface area contributed by atoms with Gasteiger partial charge in [0.25, 0.3) is 0 Å². The van der Waals surface area contributed by atoms with Crippen molar-refractivity contribution in [2.45, 2.75) is 315 Å². The topological polar surface area (TPSA) is 155 Å². The number of aliphatic hydroxyl groups is 1. The van der Waals surface area contributed by atoms with E-state index in [9.17, 15) is 28.9 Å². The highest BCUT2D eigenvalue weighted by Crippen LogP contribution is 2.43. The van der Waals surface area contributed by atoms with Crippen LogP contribution in [0.3, 0.4) is 0 Å². The van der Waals surface area contributed by atoms with E-state index in [4.69, 9.17) is 23.3 Å². The van der Waals surface area contributed by atoms with Crippen LogP contribution in [0.25, 0.3) is 0 Å². The van der Waals surface area contributed by atoms with Crippen molar-refractivity contribution in [2.24, 2.45) is 0 Å². The predicted molar refractivity (Wildman–Crippen MR) is 316 cm³/mol. The van der Waals surface area contributed by atoms with Crippen molar-refractivity contribution in [3.63, 3.8) is 0 Å². The molecule has 0 aromatic rings. The maximum Gasteiger partial charge on any atom is 0.472 e. The number of hydrogen-bond donors (Lipinski definition) is 2. The first-order valence-corrected chi connectivity index (χ1v) is 33.0. The smallest absolute Gasteiger partial charge is 0.462 e. The largest absolute Gasteiger partial charge is 0.472 e. The van der Waals surface area contributed by atoms with Crippen LogP contribution in [0, 0.1) is 0 Å². The summed E-state index contributed by atoms with van der Waals surface area (Å²) >= 11 is 0. The number of phosphoric acid groups is 1. The van der Waals surface area contributed by atoms with Crippen molar-refractivity contribution in [3.05, 3.63) is 48.6 Å². The van der Waals surface area contributed by atoms with E-state index in [1.807, 2.05) is 0 Å². The quantitative estimate of drug-likeness (QED) is 0.0197. The molecule has 0 aromatic heterocycles. The maximum absolute atomic E-state index is 12.9. The molecule has 0 amide bonds. The first kappa shape index (κ1) is 73.4. The molecule has 0 fully saturated rings. The second-order valence-corrected chi connectivity index (χ2v) is 22.7. The van der Waals surface area contributed by atoms with E-state index in [1.165, 1.54) is 135 Å². The number of unbranched alkanes of at least 4 members (excludes halogenated alkanes) is 34. The van der Waals surface area contributed by atoms with Gasteiger partial charge in [-0.25, -0.2) is 4.57 Å². The Hall–Kier alpha value is -2.56. The zero-order chi connectivity index (χ0) is 55.5. The summed E-state index contributed by atoms with van der Waals surface area (Å²) in [6.07, 6.45) is 63.4. The lowest BCUT2D eigenvalue weighted by Crippen LogP contribution is -2.30. The van der Waals surface area contributed by atoms with Gasteiger partial charge >= 0.3 is 25.7 Å². The summed E-state index contributed by atoms with van der Waals surface area (Å²) in [6, 6.07) is 0. The molecule has 0 aromatic carbocycles. The van der Waals surface area contributed by atoms with Crippen LogP contribution in [0.2, 0.25) is 0 Å². The van der Waals surface area contributed by atoms with Gasteiger partial charge in [0.05, 0.1) is 19.8 Å².